The summed E-state index contributed by atoms with van der Waals surface area (Å²) in [6.45, 7) is 0.933. The minimum absolute atomic E-state index is 0.249. The van der Waals surface area contributed by atoms with Crippen molar-refractivity contribution >= 4 is 21.7 Å². The lowest BCUT2D eigenvalue weighted by atomic mass is 10.3. The molecule has 1 aromatic rings. The number of rotatable bonds is 4. The van der Waals surface area contributed by atoms with Crippen LogP contribution in [0.4, 0.5) is 18.9 Å². The molecule has 0 saturated carbocycles. The number of hydrogen-bond donors (Lipinski definition) is 2. The number of nitrogens with zero attached hydrogens (tertiary/aromatic N) is 1. The van der Waals surface area contributed by atoms with Crippen LogP contribution in [0, 0.1) is 0 Å². The summed E-state index contributed by atoms with van der Waals surface area (Å²) in [5.74, 6) is -1.58. The van der Waals surface area contributed by atoms with Crippen molar-refractivity contribution in [1.29, 1.82) is 0 Å². The van der Waals surface area contributed by atoms with E-state index >= 15 is 0 Å². The van der Waals surface area contributed by atoms with E-state index < -0.39 is 33.1 Å². The third-order valence-corrected chi connectivity index (χ3v) is 3.78. The highest BCUT2D eigenvalue weighted by Gasteiger charge is 2.32. The predicted molar refractivity (Wildman–Crippen MR) is 58.9 cm³/mol. The monoisotopic (exact) mass is 298 g/mol. The number of carboxylic acid groups (broad SMARTS) is 1. The minimum atomic E-state index is -4.63. The summed E-state index contributed by atoms with van der Waals surface area (Å²) in [5, 5.41) is 6.82. The molecule has 1 unspecified atom stereocenters. The number of hydrogen-bond acceptors (Lipinski definition) is 4. The highest BCUT2D eigenvalue weighted by atomic mass is 32.2. The van der Waals surface area contributed by atoms with Gasteiger partial charge in [0.05, 0.1) is 11.9 Å². The van der Waals surface area contributed by atoms with Crippen LogP contribution < -0.4 is 4.72 Å². The Kier molecular flexibility index (Phi) is 4.03. The smallest absolute Gasteiger partial charge is 0.433 e. The second kappa shape index (κ2) is 5.03. The standard InChI is InChI=1S/C9H9F3N2O4S/c1-5(8(15)16)19(17,18)14-6-2-3-7(13-4-6)9(10,11)12/h2-5,14H,1H3,(H,15,16). The van der Waals surface area contributed by atoms with Crippen molar-refractivity contribution in [3.8, 4) is 0 Å². The summed E-state index contributed by atoms with van der Waals surface area (Å²) >= 11 is 0. The van der Waals surface area contributed by atoms with Gasteiger partial charge in [-0.25, -0.2) is 13.4 Å². The van der Waals surface area contributed by atoms with Crippen LogP contribution >= 0.6 is 0 Å². The lowest BCUT2D eigenvalue weighted by Gasteiger charge is -2.11. The number of sulfonamides is 1. The van der Waals surface area contributed by atoms with Gasteiger partial charge in [0.15, 0.2) is 5.25 Å². The molecule has 1 heterocycles. The van der Waals surface area contributed by atoms with Gasteiger partial charge >= 0.3 is 12.1 Å². The molecule has 0 aliphatic carbocycles. The van der Waals surface area contributed by atoms with E-state index in [4.69, 9.17) is 5.11 Å². The lowest BCUT2D eigenvalue weighted by molar-refractivity contribution is -0.141. The molecular weight excluding hydrogens is 289 g/mol. The molecule has 0 bridgehead atoms. The SMILES string of the molecule is CC(C(=O)O)S(=O)(=O)Nc1ccc(C(F)(F)F)nc1. The zero-order valence-electron chi connectivity index (χ0n) is 9.47. The Labute approximate surface area is 106 Å². The largest absolute Gasteiger partial charge is 0.480 e. The van der Waals surface area contributed by atoms with E-state index in [9.17, 15) is 26.4 Å². The van der Waals surface area contributed by atoms with Crippen LogP contribution in [0.1, 0.15) is 12.6 Å². The number of aliphatic carboxylic acids is 1. The zero-order chi connectivity index (χ0) is 14.8. The van der Waals surface area contributed by atoms with Crippen molar-refractivity contribution in [3.05, 3.63) is 24.0 Å². The van der Waals surface area contributed by atoms with Gasteiger partial charge in [-0.3, -0.25) is 9.52 Å². The molecule has 1 atom stereocenters. The van der Waals surface area contributed by atoms with Crippen LogP contribution in [0.25, 0.3) is 0 Å². The van der Waals surface area contributed by atoms with E-state index in [-0.39, 0.29) is 5.69 Å². The van der Waals surface area contributed by atoms with Gasteiger partial charge in [-0.05, 0) is 19.1 Å². The van der Waals surface area contributed by atoms with E-state index in [1.165, 1.54) is 0 Å². The van der Waals surface area contributed by atoms with E-state index in [2.05, 4.69) is 4.98 Å². The number of nitrogens with one attached hydrogen (secondary N) is 1. The summed E-state index contributed by atoms with van der Waals surface area (Å²) in [5.41, 5.74) is -1.43. The van der Waals surface area contributed by atoms with Gasteiger partial charge in [0.2, 0.25) is 10.0 Å². The Hall–Kier alpha value is -1.84. The second-order valence-corrected chi connectivity index (χ2v) is 5.56. The third-order valence-electron chi connectivity index (χ3n) is 2.13. The number of pyridine rings is 1. The van der Waals surface area contributed by atoms with E-state index in [0.717, 1.165) is 13.0 Å². The molecular formula is C9H9F3N2O4S. The average molecular weight is 298 g/mol. The zero-order valence-corrected chi connectivity index (χ0v) is 10.3. The van der Waals surface area contributed by atoms with Gasteiger partial charge in [0.25, 0.3) is 0 Å². The summed E-state index contributed by atoms with van der Waals surface area (Å²) in [6.07, 6.45) is -3.97. The van der Waals surface area contributed by atoms with E-state index in [0.29, 0.717) is 12.3 Å². The Morgan fingerprint density at radius 1 is 1.42 bits per heavy atom. The first-order valence-corrected chi connectivity index (χ1v) is 6.36. The van der Waals surface area contributed by atoms with E-state index in [1.54, 1.807) is 0 Å². The third kappa shape index (κ3) is 3.81. The molecule has 1 aromatic heterocycles. The van der Waals surface area contributed by atoms with Crippen molar-refractivity contribution in [2.24, 2.45) is 0 Å². The number of carbonyl (C=O) groups is 1. The van der Waals surface area contributed by atoms with Crippen molar-refractivity contribution in [2.75, 3.05) is 4.72 Å². The first kappa shape index (κ1) is 15.2. The Bertz CT molecular complexity index is 568. The van der Waals surface area contributed by atoms with Gasteiger partial charge in [-0.15, -0.1) is 0 Å². The van der Waals surface area contributed by atoms with Crippen molar-refractivity contribution in [3.63, 3.8) is 0 Å². The lowest BCUT2D eigenvalue weighted by Crippen LogP contribution is -2.32. The van der Waals surface area contributed by atoms with Crippen LogP contribution in [0.2, 0.25) is 0 Å². The fraction of sp³-hybridized carbons (Fsp3) is 0.333. The molecule has 0 aliphatic rings. The van der Waals surface area contributed by atoms with Crippen LogP contribution in [0.3, 0.4) is 0 Å². The molecule has 2 N–H and O–H groups in total. The van der Waals surface area contributed by atoms with Gasteiger partial charge < -0.3 is 5.11 Å². The van der Waals surface area contributed by atoms with E-state index in [1.807, 2.05) is 4.72 Å². The molecule has 0 aromatic carbocycles. The fourth-order valence-electron chi connectivity index (χ4n) is 1.01. The Morgan fingerprint density at radius 3 is 2.37 bits per heavy atom. The maximum absolute atomic E-state index is 12.2. The maximum Gasteiger partial charge on any atom is 0.433 e. The molecule has 0 saturated heterocycles. The van der Waals surface area contributed by atoms with Gasteiger partial charge in [0, 0.05) is 0 Å². The summed E-state index contributed by atoms with van der Waals surface area (Å²) in [4.78, 5) is 13.6. The van der Waals surface area contributed by atoms with Crippen LogP contribution in [-0.2, 0) is 21.0 Å². The molecule has 0 radical (unpaired) electrons. The Balaban J connectivity index is 2.93. The normalized spacial score (nSPS) is 13.9. The first-order chi connectivity index (χ1) is 8.54. The summed E-state index contributed by atoms with van der Waals surface area (Å²) < 4.78 is 61.4. The summed E-state index contributed by atoms with van der Waals surface area (Å²) in [7, 11) is -4.23. The number of anilines is 1. The first-order valence-electron chi connectivity index (χ1n) is 4.82. The molecule has 0 spiro atoms. The average Bonchev–Trinajstić information content (AvgIpc) is 2.26. The van der Waals surface area contributed by atoms with Gasteiger partial charge in [-0.2, -0.15) is 13.2 Å². The van der Waals surface area contributed by atoms with Crippen molar-refractivity contribution < 1.29 is 31.5 Å². The molecule has 106 valence electrons. The molecule has 0 aliphatic heterocycles. The highest BCUT2D eigenvalue weighted by Crippen LogP contribution is 2.28. The van der Waals surface area contributed by atoms with Crippen LogP contribution in [0.15, 0.2) is 18.3 Å². The maximum atomic E-state index is 12.2. The topological polar surface area (TPSA) is 96.4 Å². The van der Waals surface area contributed by atoms with Crippen LogP contribution in [-0.4, -0.2) is 29.7 Å². The fourth-order valence-corrected chi connectivity index (χ4v) is 1.90. The predicted octanol–water partition coefficient (Wildman–Crippen LogP) is 1.32. The van der Waals surface area contributed by atoms with Crippen LogP contribution in [0.5, 0.6) is 0 Å². The van der Waals surface area contributed by atoms with Gasteiger partial charge in [0.1, 0.15) is 5.69 Å². The number of alkyl halides is 3. The summed E-state index contributed by atoms with van der Waals surface area (Å²) in [6, 6.07) is 1.44. The van der Waals surface area contributed by atoms with Crippen molar-refractivity contribution in [2.45, 2.75) is 18.3 Å². The van der Waals surface area contributed by atoms with Crippen molar-refractivity contribution in [1.82, 2.24) is 4.98 Å². The minimum Gasteiger partial charge on any atom is -0.480 e. The molecule has 10 heteroatoms. The Morgan fingerprint density at radius 2 is 2.00 bits per heavy atom. The quantitative estimate of drug-likeness (QED) is 0.873. The number of carboxylic acids is 1. The number of halogens is 3. The van der Waals surface area contributed by atoms with Gasteiger partial charge in [-0.1, -0.05) is 0 Å². The highest BCUT2D eigenvalue weighted by molar-refractivity contribution is 7.94. The number of aromatic nitrogens is 1. The molecule has 1 rings (SSSR count). The second-order valence-electron chi connectivity index (χ2n) is 3.56. The molecule has 0 amide bonds. The molecule has 19 heavy (non-hydrogen) atoms. The molecule has 0 fully saturated rings. The molecule has 6 nitrogen and oxygen atoms in total.